The number of carboxylic acids is 1. The molecule has 4 nitrogen and oxygen atoms in total. The SMILES string of the molecule is CCCCCC(O)C(=O)C(=O)O. The Bertz CT molecular complexity index is 164. The van der Waals surface area contributed by atoms with Gasteiger partial charge in [0.2, 0.25) is 0 Å². The van der Waals surface area contributed by atoms with Gasteiger partial charge in [0, 0.05) is 0 Å². The maximum Gasteiger partial charge on any atom is 0.374 e. The maximum atomic E-state index is 10.6. The smallest absolute Gasteiger partial charge is 0.374 e. The molecule has 2 N–H and O–H groups in total. The number of Topliss-reactive ketones (excluding diaryl/α,β-unsaturated/α-hetero) is 1. The highest BCUT2D eigenvalue weighted by Gasteiger charge is 2.21. The minimum absolute atomic E-state index is 0.249. The van der Waals surface area contributed by atoms with E-state index in [9.17, 15) is 9.59 Å². The molecule has 0 heterocycles. The van der Waals surface area contributed by atoms with Crippen LogP contribution in [0.5, 0.6) is 0 Å². The van der Waals surface area contributed by atoms with E-state index in [1.165, 1.54) is 0 Å². The van der Waals surface area contributed by atoms with E-state index in [2.05, 4.69) is 0 Å². The van der Waals surface area contributed by atoms with E-state index in [1.807, 2.05) is 6.92 Å². The van der Waals surface area contributed by atoms with Crippen molar-refractivity contribution in [1.82, 2.24) is 0 Å². The molecule has 70 valence electrons. The van der Waals surface area contributed by atoms with Crippen molar-refractivity contribution in [1.29, 1.82) is 0 Å². The van der Waals surface area contributed by atoms with Crippen LogP contribution in [-0.4, -0.2) is 28.1 Å². The summed E-state index contributed by atoms with van der Waals surface area (Å²) in [5.74, 6) is -2.66. The number of unbranched alkanes of at least 4 members (excludes halogenated alkanes) is 2. The molecule has 0 aromatic carbocycles. The van der Waals surface area contributed by atoms with E-state index in [4.69, 9.17) is 10.2 Å². The minimum Gasteiger partial charge on any atom is -0.475 e. The molecule has 0 bridgehead atoms. The molecule has 0 aliphatic rings. The molecule has 0 spiro atoms. The molecule has 1 unspecified atom stereocenters. The van der Waals surface area contributed by atoms with Crippen LogP contribution in [0.15, 0.2) is 0 Å². The summed E-state index contributed by atoms with van der Waals surface area (Å²) in [7, 11) is 0. The molecular weight excluding hydrogens is 160 g/mol. The third-order valence-corrected chi connectivity index (χ3v) is 1.59. The molecule has 0 saturated carbocycles. The number of hydrogen-bond acceptors (Lipinski definition) is 3. The molecule has 0 aliphatic carbocycles. The fourth-order valence-corrected chi connectivity index (χ4v) is 0.861. The summed E-state index contributed by atoms with van der Waals surface area (Å²) in [4.78, 5) is 20.7. The Morgan fingerprint density at radius 3 is 2.33 bits per heavy atom. The van der Waals surface area contributed by atoms with Gasteiger partial charge in [-0.1, -0.05) is 26.2 Å². The van der Waals surface area contributed by atoms with Crippen LogP contribution >= 0.6 is 0 Å². The van der Waals surface area contributed by atoms with Gasteiger partial charge < -0.3 is 10.2 Å². The fourth-order valence-electron chi connectivity index (χ4n) is 0.861. The van der Waals surface area contributed by atoms with Crippen LogP contribution in [0.3, 0.4) is 0 Å². The van der Waals surface area contributed by atoms with E-state index >= 15 is 0 Å². The van der Waals surface area contributed by atoms with E-state index < -0.39 is 17.9 Å². The van der Waals surface area contributed by atoms with Crippen LogP contribution in [0.25, 0.3) is 0 Å². The number of ketones is 1. The van der Waals surface area contributed by atoms with Crippen molar-refractivity contribution >= 4 is 11.8 Å². The van der Waals surface area contributed by atoms with Gasteiger partial charge in [0.05, 0.1) is 0 Å². The van der Waals surface area contributed by atoms with Crippen LogP contribution in [0, 0.1) is 0 Å². The van der Waals surface area contributed by atoms with Crippen LogP contribution in [0.2, 0.25) is 0 Å². The average Bonchev–Trinajstić information content (AvgIpc) is 2.03. The van der Waals surface area contributed by atoms with Gasteiger partial charge in [0.15, 0.2) is 0 Å². The van der Waals surface area contributed by atoms with E-state index in [0.717, 1.165) is 12.8 Å². The predicted octanol–water partition coefficient (Wildman–Crippen LogP) is 0.581. The Kier molecular flexibility index (Phi) is 5.28. The molecule has 0 rings (SSSR count). The molecule has 4 heteroatoms. The van der Waals surface area contributed by atoms with E-state index in [0.29, 0.717) is 6.42 Å². The topological polar surface area (TPSA) is 74.6 Å². The monoisotopic (exact) mass is 174 g/mol. The quantitative estimate of drug-likeness (QED) is 0.456. The second-order valence-corrected chi connectivity index (χ2v) is 2.68. The predicted molar refractivity (Wildman–Crippen MR) is 42.8 cm³/mol. The highest BCUT2D eigenvalue weighted by molar-refractivity contribution is 6.34. The molecule has 1 atom stereocenters. The molecule has 0 amide bonds. The molecular formula is C8H14O4. The van der Waals surface area contributed by atoms with Crippen LogP contribution in [0.4, 0.5) is 0 Å². The zero-order valence-electron chi connectivity index (χ0n) is 7.12. The van der Waals surface area contributed by atoms with Gasteiger partial charge in [0.1, 0.15) is 6.10 Å². The third-order valence-electron chi connectivity index (χ3n) is 1.59. The number of aliphatic hydroxyl groups excluding tert-OH is 1. The van der Waals surface area contributed by atoms with Gasteiger partial charge in [-0.15, -0.1) is 0 Å². The van der Waals surface area contributed by atoms with Crippen molar-refractivity contribution < 1.29 is 19.8 Å². The van der Waals surface area contributed by atoms with Crippen LogP contribution in [-0.2, 0) is 9.59 Å². The zero-order valence-corrected chi connectivity index (χ0v) is 7.12. The second-order valence-electron chi connectivity index (χ2n) is 2.68. The molecule has 0 aromatic rings. The van der Waals surface area contributed by atoms with Crippen molar-refractivity contribution in [3.8, 4) is 0 Å². The van der Waals surface area contributed by atoms with Crippen molar-refractivity contribution in [2.45, 2.75) is 38.7 Å². The Morgan fingerprint density at radius 1 is 1.33 bits per heavy atom. The van der Waals surface area contributed by atoms with Crippen molar-refractivity contribution in [3.63, 3.8) is 0 Å². The first-order valence-electron chi connectivity index (χ1n) is 4.04. The summed E-state index contributed by atoms with van der Waals surface area (Å²) in [6.45, 7) is 1.99. The number of carbonyl (C=O) groups is 2. The number of aliphatic carboxylic acids is 1. The Morgan fingerprint density at radius 2 is 1.92 bits per heavy atom. The number of aliphatic hydroxyl groups is 1. The lowest BCUT2D eigenvalue weighted by Crippen LogP contribution is -2.27. The highest BCUT2D eigenvalue weighted by Crippen LogP contribution is 2.03. The number of rotatable bonds is 6. The molecule has 12 heavy (non-hydrogen) atoms. The van der Waals surface area contributed by atoms with Crippen LogP contribution < -0.4 is 0 Å². The van der Waals surface area contributed by atoms with Gasteiger partial charge in [-0.05, 0) is 6.42 Å². The molecule has 0 fully saturated rings. The second kappa shape index (κ2) is 5.71. The van der Waals surface area contributed by atoms with Gasteiger partial charge in [-0.2, -0.15) is 0 Å². The summed E-state index contributed by atoms with van der Waals surface area (Å²) in [5, 5.41) is 17.2. The normalized spacial score (nSPS) is 12.5. The van der Waals surface area contributed by atoms with Gasteiger partial charge in [0.25, 0.3) is 5.78 Å². The number of hydrogen-bond donors (Lipinski definition) is 2. The first-order chi connectivity index (χ1) is 5.59. The molecule has 0 saturated heterocycles. The van der Waals surface area contributed by atoms with Crippen molar-refractivity contribution in [2.24, 2.45) is 0 Å². The number of carboxylic acid groups (broad SMARTS) is 1. The minimum atomic E-state index is -1.56. The number of carbonyl (C=O) groups excluding carboxylic acids is 1. The van der Waals surface area contributed by atoms with Crippen molar-refractivity contribution in [2.75, 3.05) is 0 Å². The lowest BCUT2D eigenvalue weighted by molar-refractivity contribution is -0.153. The molecule has 0 aromatic heterocycles. The van der Waals surface area contributed by atoms with E-state index in [-0.39, 0.29) is 6.42 Å². The molecule has 0 radical (unpaired) electrons. The van der Waals surface area contributed by atoms with Gasteiger partial charge in [-0.3, -0.25) is 4.79 Å². The lowest BCUT2D eigenvalue weighted by Gasteiger charge is -2.04. The summed E-state index contributed by atoms with van der Waals surface area (Å²) in [5.41, 5.74) is 0. The average molecular weight is 174 g/mol. The molecule has 0 aliphatic heterocycles. The van der Waals surface area contributed by atoms with E-state index in [1.54, 1.807) is 0 Å². The Labute approximate surface area is 71.2 Å². The van der Waals surface area contributed by atoms with Crippen LogP contribution in [0.1, 0.15) is 32.6 Å². The summed E-state index contributed by atoms with van der Waals surface area (Å²) >= 11 is 0. The zero-order chi connectivity index (χ0) is 9.56. The third kappa shape index (κ3) is 4.08. The standard InChI is InChI=1S/C8H14O4/c1-2-3-4-5-6(9)7(10)8(11)12/h6,9H,2-5H2,1H3,(H,11,12). The largest absolute Gasteiger partial charge is 0.475 e. The maximum absolute atomic E-state index is 10.6. The Hall–Kier alpha value is -0.900. The van der Waals surface area contributed by atoms with Gasteiger partial charge >= 0.3 is 5.97 Å². The first kappa shape index (κ1) is 11.1. The summed E-state index contributed by atoms with van der Waals surface area (Å²) in [6, 6.07) is 0. The highest BCUT2D eigenvalue weighted by atomic mass is 16.4. The van der Waals surface area contributed by atoms with Gasteiger partial charge in [-0.25, -0.2) is 4.79 Å². The van der Waals surface area contributed by atoms with Crippen molar-refractivity contribution in [3.05, 3.63) is 0 Å². The summed E-state index contributed by atoms with van der Waals surface area (Å²) in [6.07, 6.45) is 1.50. The fraction of sp³-hybridized carbons (Fsp3) is 0.750. The Balaban J connectivity index is 3.64. The summed E-state index contributed by atoms with van der Waals surface area (Å²) < 4.78 is 0. The lowest BCUT2D eigenvalue weighted by atomic mass is 10.1. The first-order valence-corrected chi connectivity index (χ1v) is 4.04.